The maximum Gasteiger partial charge on any atom is 0.312 e. The fourth-order valence-electron chi connectivity index (χ4n) is 4.64. The Hall–Kier alpha value is -3.09. The summed E-state index contributed by atoms with van der Waals surface area (Å²) in [6.45, 7) is 2.25. The van der Waals surface area contributed by atoms with Gasteiger partial charge in [0.05, 0.1) is 12.2 Å². The highest BCUT2D eigenvalue weighted by Gasteiger charge is 2.38. The highest BCUT2D eigenvalue weighted by Crippen LogP contribution is 2.43. The minimum absolute atomic E-state index is 0.0750. The van der Waals surface area contributed by atoms with Crippen LogP contribution < -0.4 is 15.8 Å². The number of fused-ring (bicyclic) bond motifs is 2. The van der Waals surface area contributed by atoms with Crippen LogP contribution in [-0.4, -0.2) is 20.6 Å². The Morgan fingerprint density at radius 1 is 1.17 bits per heavy atom. The number of carbonyl (C=O) groups excluding carboxylic acids is 1. The number of aromatic nitrogens is 3. The quantitative estimate of drug-likeness (QED) is 0.707. The first-order chi connectivity index (χ1) is 14.0. The molecule has 3 aromatic rings. The number of urea groups is 1. The first-order valence-corrected chi connectivity index (χ1v) is 10.2. The average molecular weight is 391 g/mol. The molecule has 2 atom stereocenters. The van der Waals surface area contributed by atoms with E-state index in [0.29, 0.717) is 0 Å². The lowest BCUT2D eigenvalue weighted by atomic mass is 9.70. The lowest BCUT2D eigenvalue weighted by Crippen LogP contribution is -2.36. The molecule has 7 heteroatoms. The number of primary amides is 1. The van der Waals surface area contributed by atoms with Crippen LogP contribution in [0.4, 0.5) is 4.79 Å². The molecule has 0 saturated heterocycles. The number of amides is 2. The van der Waals surface area contributed by atoms with Gasteiger partial charge in [0, 0.05) is 5.41 Å². The van der Waals surface area contributed by atoms with Crippen molar-refractivity contribution in [1.82, 2.24) is 19.9 Å². The van der Waals surface area contributed by atoms with Crippen molar-refractivity contribution in [3.05, 3.63) is 59.5 Å². The summed E-state index contributed by atoms with van der Waals surface area (Å²) in [5, 5.41) is 11.6. The standard InChI is InChI=1S/C22H25N5O2/c1-22(11-4-12-22)20-26-25-19-10-7-14(13-27(19)20)29-18-9-8-17(24-21(23)28)15-5-2-3-6-16(15)18/h2-3,5-7,10,13,17-18H,4,8-9,11-12H2,1H3,(H3,23,24,28)/t17-,18+/m0/s1. The van der Waals surface area contributed by atoms with Gasteiger partial charge in [-0.1, -0.05) is 37.6 Å². The molecule has 0 unspecified atom stereocenters. The normalized spacial score (nSPS) is 22.5. The van der Waals surface area contributed by atoms with Gasteiger partial charge in [-0.05, 0) is 48.9 Å². The van der Waals surface area contributed by atoms with E-state index >= 15 is 0 Å². The SMILES string of the molecule is CC1(c2nnc3ccc(O[C@@H]4CC[C@H](NC(N)=O)c5ccccc54)cn23)CCC1. The van der Waals surface area contributed by atoms with E-state index < -0.39 is 6.03 Å². The maximum atomic E-state index is 11.4. The molecule has 1 aromatic carbocycles. The number of hydrogen-bond acceptors (Lipinski definition) is 4. The lowest BCUT2D eigenvalue weighted by Gasteiger charge is -2.36. The molecule has 1 saturated carbocycles. The van der Waals surface area contributed by atoms with Crippen molar-refractivity contribution in [2.75, 3.05) is 0 Å². The summed E-state index contributed by atoms with van der Waals surface area (Å²) in [6.07, 6.45) is 7.03. The Balaban J connectivity index is 1.45. The topological polar surface area (TPSA) is 94.5 Å². The molecule has 1 fully saturated rings. The Labute approximate surface area is 169 Å². The highest BCUT2D eigenvalue weighted by molar-refractivity contribution is 5.72. The van der Waals surface area contributed by atoms with Crippen LogP contribution in [0.5, 0.6) is 5.75 Å². The number of hydrogen-bond donors (Lipinski definition) is 2. The number of pyridine rings is 1. The Kier molecular flexibility index (Phi) is 4.19. The van der Waals surface area contributed by atoms with Crippen molar-refractivity contribution in [1.29, 1.82) is 0 Å². The molecule has 2 aromatic heterocycles. The molecular weight excluding hydrogens is 366 g/mol. The minimum Gasteiger partial charge on any atom is -0.484 e. The molecule has 3 N–H and O–H groups in total. The van der Waals surface area contributed by atoms with Gasteiger partial charge in [-0.3, -0.25) is 4.40 Å². The third kappa shape index (κ3) is 3.10. The number of benzene rings is 1. The molecule has 2 amide bonds. The van der Waals surface area contributed by atoms with E-state index in [1.807, 2.05) is 36.5 Å². The van der Waals surface area contributed by atoms with E-state index in [1.165, 1.54) is 6.42 Å². The van der Waals surface area contributed by atoms with Crippen molar-refractivity contribution in [3.8, 4) is 5.75 Å². The van der Waals surface area contributed by atoms with Gasteiger partial charge in [-0.2, -0.15) is 0 Å². The predicted molar refractivity (Wildman–Crippen MR) is 109 cm³/mol. The molecule has 0 radical (unpaired) electrons. The van der Waals surface area contributed by atoms with E-state index in [-0.39, 0.29) is 17.6 Å². The number of nitrogens with two attached hydrogens (primary N) is 1. The highest BCUT2D eigenvalue weighted by atomic mass is 16.5. The number of nitrogens with zero attached hydrogens (tertiary/aromatic N) is 3. The monoisotopic (exact) mass is 391 g/mol. The van der Waals surface area contributed by atoms with Gasteiger partial charge in [-0.25, -0.2) is 4.79 Å². The van der Waals surface area contributed by atoms with Crippen molar-refractivity contribution in [3.63, 3.8) is 0 Å². The predicted octanol–water partition coefficient (Wildman–Crippen LogP) is 3.79. The summed E-state index contributed by atoms with van der Waals surface area (Å²) in [7, 11) is 0. The van der Waals surface area contributed by atoms with Crippen LogP contribution in [-0.2, 0) is 5.41 Å². The first-order valence-electron chi connectivity index (χ1n) is 10.2. The number of carbonyl (C=O) groups is 1. The summed E-state index contributed by atoms with van der Waals surface area (Å²) in [5.41, 5.74) is 8.45. The fraction of sp³-hybridized carbons (Fsp3) is 0.409. The van der Waals surface area contributed by atoms with Gasteiger partial charge in [-0.15, -0.1) is 10.2 Å². The van der Waals surface area contributed by atoms with E-state index in [4.69, 9.17) is 10.5 Å². The van der Waals surface area contributed by atoms with E-state index in [1.54, 1.807) is 0 Å². The number of nitrogens with one attached hydrogen (secondary N) is 1. The zero-order chi connectivity index (χ0) is 20.0. The van der Waals surface area contributed by atoms with Crippen LogP contribution in [0.1, 0.15) is 68.1 Å². The average Bonchev–Trinajstić information content (AvgIpc) is 3.11. The van der Waals surface area contributed by atoms with Crippen molar-refractivity contribution >= 4 is 11.7 Å². The van der Waals surface area contributed by atoms with Crippen LogP contribution in [0.25, 0.3) is 5.65 Å². The van der Waals surface area contributed by atoms with Crippen LogP contribution in [0.15, 0.2) is 42.6 Å². The van der Waals surface area contributed by atoms with Gasteiger partial charge < -0.3 is 15.8 Å². The molecule has 2 aliphatic rings. The molecule has 7 nitrogen and oxygen atoms in total. The smallest absolute Gasteiger partial charge is 0.312 e. The summed E-state index contributed by atoms with van der Waals surface area (Å²) >= 11 is 0. The third-order valence-electron chi connectivity index (χ3n) is 6.40. The third-order valence-corrected chi connectivity index (χ3v) is 6.40. The van der Waals surface area contributed by atoms with Crippen LogP contribution in [0.3, 0.4) is 0 Å². The van der Waals surface area contributed by atoms with Crippen molar-refractivity contribution < 1.29 is 9.53 Å². The molecule has 0 bridgehead atoms. The van der Waals surface area contributed by atoms with Gasteiger partial charge in [0.1, 0.15) is 17.7 Å². The Bertz CT molecular complexity index is 1070. The molecule has 2 heterocycles. The summed E-state index contributed by atoms with van der Waals surface area (Å²) in [5.74, 6) is 1.81. The van der Waals surface area contributed by atoms with E-state index in [0.717, 1.165) is 54.0 Å². The van der Waals surface area contributed by atoms with Crippen LogP contribution in [0.2, 0.25) is 0 Å². The second-order valence-corrected chi connectivity index (χ2v) is 8.40. The Morgan fingerprint density at radius 3 is 2.69 bits per heavy atom. The van der Waals surface area contributed by atoms with Crippen LogP contribution in [0, 0.1) is 0 Å². The van der Waals surface area contributed by atoms with Gasteiger partial charge in [0.25, 0.3) is 0 Å². The maximum absolute atomic E-state index is 11.4. The molecule has 0 spiro atoms. The zero-order valence-corrected chi connectivity index (χ0v) is 16.5. The second-order valence-electron chi connectivity index (χ2n) is 8.40. The van der Waals surface area contributed by atoms with Gasteiger partial charge in [0.2, 0.25) is 0 Å². The minimum atomic E-state index is -0.501. The van der Waals surface area contributed by atoms with Gasteiger partial charge >= 0.3 is 6.03 Å². The molecule has 150 valence electrons. The summed E-state index contributed by atoms with van der Waals surface area (Å²) < 4.78 is 8.48. The largest absolute Gasteiger partial charge is 0.484 e. The summed E-state index contributed by atoms with van der Waals surface area (Å²) in [4.78, 5) is 11.4. The molecular formula is C22H25N5O2. The van der Waals surface area contributed by atoms with E-state index in [9.17, 15) is 4.79 Å². The molecule has 29 heavy (non-hydrogen) atoms. The first kappa shape index (κ1) is 18.0. The second kappa shape index (κ2) is 6.76. The fourth-order valence-corrected chi connectivity index (χ4v) is 4.64. The number of ether oxygens (including phenoxy) is 1. The van der Waals surface area contributed by atoms with Crippen molar-refractivity contribution in [2.24, 2.45) is 5.73 Å². The Morgan fingerprint density at radius 2 is 1.97 bits per heavy atom. The van der Waals surface area contributed by atoms with E-state index in [2.05, 4.69) is 32.9 Å². The van der Waals surface area contributed by atoms with Gasteiger partial charge in [0.15, 0.2) is 5.65 Å². The molecule has 0 aliphatic heterocycles. The zero-order valence-electron chi connectivity index (χ0n) is 16.5. The number of rotatable bonds is 4. The van der Waals surface area contributed by atoms with Crippen molar-refractivity contribution in [2.45, 2.75) is 56.6 Å². The molecule has 2 aliphatic carbocycles. The lowest BCUT2D eigenvalue weighted by molar-refractivity contribution is 0.171. The molecule has 5 rings (SSSR count). The van der Waals surface area contributed by atoms with Crippen LogP contribution >= 0.6 is 0 Å². The summed E-state index contributed by atoms with van der Waals surface area (Å²) in [6, 6.07) is 11.4.